The van der Waals surface area contributed by atoms with E-state index in [2.05, 4.69) is 11.8 Å². The van der Waals surface area contributed by atoms with Gasteiger partial charge in [0.25, 0.3) is 0 Å². The fraction of sp³-hybridized carbons (Fsp3) is 0.455. The molecule has 0 spiro atoms. The Hall–Kier alpha value is -0.740. The van der Waals surface area contributed by atoms with Crippen LogP contribution in [-0.4, -0.2) is 24.9 Å². The first-order valence-electron chi connectivity index (χ1n) is 5.02. The van der Waals surface area contributed by atoms with E-state index in [-0.39, 0.29) is 5.82 Å². The van der Waals surface area contributed by atoms with Crippen molar-refractivity contribution in [3.05, 3.63) is 24.0 Å². The van der Waals surface area contributed by atoms with Gasteiger partial charge in [-0.25, -0.2) is 4.39 Å². The summed E-state index contributed by atoms with van der Waals surface area (Å²) in [5, 5.41) is 0.337. The summed E-state index contributed by atoms with van der Waals surface area (Å²) < 4.78 is 13.1. The molecule has 15 heavy (non-hydrogen) atoms. The third-order valence-corrected chi connectivity index (χ3v) is 4.43. The van der Waals surface area contributed by atoms with Crippen LogP contribution >= 0.6 is 11.8 Å². The molecule has 0 saturated heterocycles. The third-order valence-electron chi connectivity index (χ3n) is 2.96. The molecule has 2 rings (SSSR count). The average Bonchev–Trinajstić information content (AvgIpc) is 2.23. The maximum absolute atomic E-state index is 13.1. The predicted octanol–water partition coefficient (Wildman–Crippen LogP) is 2.08. The normalized spacial score (nSPS) is 25.2. The highest BCUT2D eigenvalue weighted by molar-refractivity contribution is 8.00. The molecule has 0 saturated carbocycles. The second kappa shape index (κ2) is 4.02. The van der Waals surface area contributed by atoms with E-state index < -0.39 is 0 Å². The number of rotatable bonds is 1. The number of anilines is 1. The smallest absolute Gasteiger partial charge is 0.124 e. The van der Waals surface area contributed by atoms with Gasteiger partial charge in [-0.2, -0.15) is 0 Å². The summed E-state index contributed by atoms with van der Waals surface area (Å²) in [5.41, 5.74) is 6.81. The Morgan fingerprint density at radius 1 is 1.53 bits per heavy atom. The summed E-state index contributed by atoms with van der Waals surface area (Å²) in [6.45, 7) is 2.77. The van der Waals surface area contributed by atoms with Gasteiger partial charge in [0.05, 0.1) is 5.69 Å². The van der Waals surface area contributed by atoms with Crippen LogP contribution < -0.4 is 10.6 Å². The second-order valence-electron chi connectivity index (χ2n) is 3.86. The van der Waals surface area contributed by atoms with Crippen molar-refractivity contribution in [3.8, 4) is 0 Å². The molecule has 1 aliphatic heterocycles. The predicted molar refractivity (Wildman–Crippen MR) is 63.0 cm³/mol. The second-order valence-corrected chi connectivity index (χ2v) is 5.14. The number of nitrogens with zero attached hydrogens (tertiary/aromatic N) is 1. The highest BCUT2D eigenvalue weighted by Gasteiger charge is 2.28. The first-order valence-corrected chi connectivity index (χ1v) is 5.90. The molecule has 1 aromatic rings. The lowest BCUT2D eigenvalue weighted by Gasteiger charge is -2.38. The quantitative estimate of drug-likeness (QED) is 0.795. The van der Waals surface area contributed by atoms with Crippen LogP contribution in [-0.2, 0) is 0 Å². The summed E-state index contributed by atoms with van der Waals surface area (Å²) in [6, 6.07) is 5.31. The molecule has 0 aromatic heterocycles. The first-order chi connectivity index (χ1) is 7.13. The maximum Gasteiger partial charge on any atom is 0.124 e. The van der Waals surface area contributed by atoms with Crippen LogP contribution in [0.25, 0.3) is 0 Å². The summed E-state index contributed by atoms with van der Waals surface area (Å²) in [5.74, 6) is -0.181. The van der Waals surface area contributed by atoms with E-state index in [1.165, 1.54) is 6.07 Å². The SMILES string of the molecule is CC1C(CN)Sc2cc(F)ccc2N1C. The van der Waals surface area contributed by atoms with E-state index in [9.17, 15) is 4.39 Å². The van der Waals surface area contributed by atoms with Gasteiger partial charge in [0.15, 0.2) is 0 Å². The standard InChI is InChI=1S/C11H15FN2S/c1-7-11(6-13)15-10-5-8(12)3-4-9(10)14(7)2/h3-5,7,11H,6,13H2,1-2H3. The van der Waals surface area contributed by atoms with Crippen LogP contribution in [0.2, 0.25) is 0 Å². The molecule has 82 valence electrons. The average molecular weight is 226 g/mol. The lowest BCUT2D eigenvalue weighted by Crippen LogP contribution is -2.43. The van der Waals surface area contributed by atoms with E-state index in [1.54, 1.807) is 17.8 Å². The van der Waals surface area contributed by atoms with Crippen LogP contribution in [0.5, 0.6) is 0 Å². The number of thioether (sulfide) groups is 1. The highest BCUT2D eigenvalue weighted by Crippen LogP contribution is 2.40. The van der Waals surface area contributed by atoms with Gasteiger partial charge < -0.3 is 10.6 Å². The van der Waals surface area contributed by atoms with Crippen LogP contribution in [0.15, 0.2) is 23.1 Å². The molecule has 1 heterocycles. The van der Waals surface area contributed by atoms with Crippen LogP contribution in [0.4, 0.5) is 10.1 Å². The molecule has 0 radical (unpaired) electrons. The Morgan fingerprint density at radius 2 is 2.27 bits per heavy atom. The number of nitrogens with two attached hydrogens (primary N) is 1. The van der Waals surface area contributed by atoms with Crippen molar-refractivity contribution in [1.82, 2.24) is 0 Å². The summed E-state index contributed by atoms with van der Waals surface area (Å²) in [6.07, 6.45) is 0. The minimum absolute atomic E-state index is 0.181. The molecular weight excluding hydrogens is 211 g/mol. The molecule has 4 heteroatoms. The molecule has 2 atom stereocenters. The number of hydrogen-bond donors (Lipinski definition) is 1. The molecule has 0 aliphatic carbocycles. The monoisotopic (exact) mass is 226 g/mol. The Bertz CT molecular complexity index is 370. The third kappa shape index (κ3) is 1.84. The Kier molecular flexibility index (Phi) is 2.89. The molecule has 0 bridgehead atoms. The zero-order valence-corrected chi connectivity index (χ0v) is 9.72. The van der Waals surface area contributed by atoms with Gasteiger partial charge in [-0.15, -0.1) is 11.8 Å². The molecule has 0 amide bonds. The molecule has 2 unspecified atom stereocenters. The lowest BCUT2D eigenvalue weighted by atomic mass is 10.1. The number of benzene rings is 1. The van der Waals surface area contributed by atoms with Crippen LogP contribution in [0.3, 0.4) is 0 Å². The number of halogens is 1. The number of hydrogen-bond acceptors (Lipinski definition) is 3. The van der Waals surface area contributed by atoms with E-state index in [0.717, 1.165) is 10.6 Å². The molecule has 2 N–H and O–H groups in total. The maximum atomic E-state index is 13.1. The summed E-state index contributed by atoms with van der Waals surface area (Å²) in [4.78, 5) is 3.16. The lowest BCUT2D eigenvalue weighted by molar-refractivity contribution is 0.612. The molecule has 0 fully saturated rings. The number of fused-ring (bicyclic) bond motifs is 1. The molecule has 1 aromatic carbocycles. The topological polar surface area (TPSA) is 29.3 Å². The first kappa shape index (κ1) is 10.8. The van der Waals surface area contributed by atoms with Crippen LogP contribution in [0.1, 0.15) is 6.92 Å². The molecule has 2 nitrogen and oxygen atoms in total. The van der Waals surface area contributed by atoms with Crippen molar-refractivity contribution in [2.45, 2.75) is 23.1 Å². The highest BCUT2D eigenvalue weighted by atomic mass is 32.2. The van der Waals surface area contributed by atoms with Crippen molar-refractivity contribution < 1.29 is 4.39 Å². The van der Waals surface area contributed by atoms with Crippen molar-refractivity contribution >= 4 is 17.4 Å². The van der Waals surface area contributed by atoms with Crippen molar-refractivity contribution in [2.75, 3.05) is 18.5 Å². The van der Waals surface area contributed by atoms with Gasteiger partial charge in [-0.3, -0.25) is 0 Å². The largest absolute Gasteiger partial charge is 0.370 e. The van der Waals surface area contributed by atoms with Gasteiger partial charge >= 0.3 is 0 Å². The fourth-order valence-electron chi connectivity index (χ4n) is 1.85. The van der Waals surface area contributed by atoms with E-state index >= 15 is 0 Å². The summed E-state index contributed by atoms with van der Waals surface area (Å²) >= 11 is 1.68. The Labute approximate surface area is 93.6 Å². The Balaban J connectivity index is 2.40. The molecular formula is C11H15FN2S. The van der Waals surface area contributed by atoms with E-state index in [1.807, 2.05) is 13.1 Å². The van der Waals surface area contributed by atoms with Crippen molar-refractivity contribution in [2.24, 2.45) is 5.73 Å². The van der Waals surface area contributed by atoms with Gasteiger partial charge in [0.2, 0.25) is 0 Å². The van der Waals surface area contributed by atoms with Crippen molar-refractivity contribution in [3.63, 3.8) is 0 Å². The van der Waals surface area contributed by atoms with Crippen LogP contribution in [0, 0.1) is 5.82 Å². The van der Waals surface area contributed by atoms with Crippen molar-refractivity contribution in [1.29, 1.82) is 0 Å². The van der Waals surface area contributed by atoms with Gasteiger partial charge in [-0.1, -0.05) is 0 Å². The van der Waals surface area contributed by atoms with E-state index in [4.69, 9.17) is 5.73 Å². The minimum Gasteiger partial charge on any atom is -0.370 e. The van der Waals surface area contributed by atoms with Gasteiger partial charge in [0, 0.05) is 29.8 Å². The van der Waals surface area contributed by atoms with E-state index in [0.29, 0.717) is 17.8 Å². The zero-order valence-electron chi connectivity index (χ0n) is 8.90. The molecule has 1 aliphatic rings. The Morgan fingerprint density at radius 3 is 2.93 bits per heavy atom. The fourth-order valence-corrected chi connectivity index (χ4v) is 3.16. The minimum atomic E-state index is -0.181. The summed E-state index contributed by atoms with van der Waals surface area (Å²) in [7, 11) is 2.03. The zero-order chi connectivity index (χ0) is 11.0. The van der Waals surface area contributed by atoms with Gasteiger partial charge in [-0.05, 0) is 25.1 Å². The van der Waals surface area contributed by atoms with Gasteiger partial charge in [0.1, 0.15) is 5.82 Å².